The minimum absolute atomic E-state index is 0.153. The minimum Gasteiger partial charge on any atom is -0.340 e. The topological polar surface area (TPSA) is 68.8 Å². The van der Waals surface area contributed by atoms with E-state index in [-0.39, 0.29) is 11.8 Å². The molecule has 7 heteroatoms. The molecule has 1 fully saturated rings. The van der Waals surface area contributed by atoms with Crippen LogP contribution >= 0.6 is 0 Å². The maximum atomic E-state index is 12.9. The zero-order valence-corrected chi connectivity index (χ0v) is 16.2. The van der Waals surface area contributed by atoms with Gasteiger partial charge in [0.05, 0.1) is 12.2 Å². The van der Waals surface area contributed by atoms with Gasteiger partial charge >= 0.3 is 0 Å². The largest absolute Gasteiger partial charge is 0.340 e. The number of piperidine rings is 1. The van der Waals surface area contributed by atoms with Crippen LogP contribution in [0.2, 0.25) is 0 Å². The number of hydrogen-bond donors (Lipinski definition) is 0. The molecule has 0 saturated carbocycles. The molecule has 4 rings (SSSR count). The van der Waals surface area contributed by atoms with Crippen molar-refractivity contribution in [2.24, 2.45) is 0 Å². The highest BCUT2D eigenvalue weighted by molar-refractivity contribution is 5.76. The highest BCUT2D eigenvalue weighted by Crippen LogP contribution is 2.26. The average Bonchev–Trinajstić information content (AvgIpc) is 3.38. The predicted octanol–water partition coefficient (Wildman–Crippen LogP) is 2.49. The second-order valence-corrected chi connectivity index (χ2v) is 7.24. The second kappa shape index (κ2) is 8.37. The number of carbonyl (C=O) groups is 1. The number of pyridine rings is 1. The molecule has 28 heavy (non-hydrogen) atoms. The Morgan fingerprint density at radius 2 is 1.96 bits per heavy atom. The van der Waals surface area contributed by atoms with Gasteiger partial charge in [-0.1, -0.05) is 13.0 Å². The summed E-state index contributed by atoms with van der Waals surface area (Å²) in [6, 6.07) is 5.95. The average molecular weight is 378 g/mol. The van der Waals surface area contributed by atoms with Crippen LogP contribution in [0, 0.1) is 0 Å². The number of likely N-dealkylation sites (tertiary alicyclic amines) is 1. The molecule has 1 aliphatic heterocycles. The monoisotopic (exact) mass is 378 g/mol. The van der Waals surface area contributed by atoms with Gasteiger partial charge < -0.3 is 14.0 Å². The SMILES string of the molecule is CCc1nccn1CC(=O)N1CCC[C@H](c2nccn2Cc2ccccn2)C1. The van der Waals surface area contributed by atoms with Crippen LogP contribution in [-0.4, -0.2) is 48.0 Å². The molecule has 0 aliphatic carbocycles. The highest BCUT2D eigenvalue weighted by atomic mass is 16.2. The van der Waals surface area contributed by atoms with Crippen LogP contribution in [-0.2, 0) is 24.3 Å². The van der Waals surface area contributed by atoms with E-state index >= 15 is 0 Å². The summed E-state index contributed by atoms with van der Waals surface area (Å²) in [7, 11) is 0. The summed E-state index contributed by atoms with van der Waals surface area (Å²) in [5, 5.41) is 0. The zero-order valence-electron chi connectivity index (χ0n) is 16.2. The van der Waals surface area contributed by atoms with Gasteiger partial charge in [0.2, 0.25) is 5.91 Å². The number of aryl methyl sites for hydroxylation is 1. The third-order valence-electron chi connectivity index (χ3n) is 5.37. The number of amides is 1. The van der Waals surface area contributed by atoms with E-state index < -0.39 is 0 Å². The Morgan fingerprint density at radius 1 is 1.11 bits per heavy atom. The molecule has 146 valence electrons. The fourth-order valence-corrected chi connectivity index (χ4v) is 3.94. The standard InChI is InChI=1S/C21H26N6O/c1-2-19-23-9-12-25(19)16-20(28)26-11-5-6-17(14-26)21-24-10-13-27(21)15-18-7-3-4-8-22-18/h3-4,7-10,12-13,17H,2,5-6,11,14-16H2,1H3/t17-/m0/s1. The van der Waals surface area contributed by atoms with E-state index in [1.165, 1.54) is 0 Å². The molecular formula is C21H26N6O. The Labute approximate surface area is 165 Å². The normalized spacial score (nSPS) is 17.0. The predicted molar refractivity (Wildman–Crippen MR) is 106 cm³/mol. The number of hydrogen-bond acceptors (Lipinski definition) is 4. The number of aromatic nitrogens is 5. The van der Waals surface area contributed by atoms with E-state index in [2.05, 4.69) is 26.4 Å². The lowest BCUT2D eigenvalue weighted by Crippen LogP contribution is -2.41. The summed E-state index contributed by atoms with van der Waals surface area (Å²) in [6.45, 7) is 4.65. The van der Waals surface area contributed by atoms with Gasteiger partial charge in [-0.2, -0.15) is 0 Å². The van der Waals surface area contributed by atoms with Crippen molar-refractivity contribution in [3.8, 4) is 0 Å². The van der Waals surface area contributed by atoms with Crippen LogP contribution in [0.5, 0.6) is 0 Å². The molecule has 0 N–H and O–H groups in total. The lowest BCUT2D eigenvalue weighted by atomic mass is 9.97. The van der Waals surface area contributed by atoms with Crippen molar-refractivity contribution in [3.05, 3.63) is 66.5 Å². The van der Waals surface area contributed by atoms with Gasteiger partial charge in [0.25, 0.3) is 0 Å². The van der Waals surface area contributed by atoms with E-state index in [0.717, 1.165) is 43.1 Å². The molecule has 0 spiro atoms. The van der Waals surface area contributed by atoms with Crippen LogP contribution in [0.4, 0.5) is 0 Å². The Kier molecular flexibility index (Phi) is 5.50. The third-order valence-corrected chi connectivity index (χ3v) is 5.37. The van der Waals surface area contributed by atoms with E-state index in [4.69, 9.17) is 0 Å². The summed E-state index contributed by atoms with van der Waals surface area (Å²) in [5.74, 6) is 2.40. The summed E-state index contributed by atoms with van der Waals surface area (Å²) in [4.78, 5) is 28.2. The molecule has 1 atom stereocenters. The van der Waals surface area contributed by atoms with Crippen molar-refractivity contribution in [2.45, 2.75) is 45.2 Å². The van der Waals surface area contributed by atoms with Crippen molar-refractivity contribution in [1.82, 2.24) is 29.0 Å². The van der Waals surface area contributed by atoms with E-state index in [0.29, 0.717) is 19.6 Å². The van der Waals surface area contributed by atoms with E-state index in [1.54, 1.807) is 6.20 Å². The molecule has 0 bridgehead atoms. The summed E-state index contributed by atoms with van der Waals surface area (Å²) in [5.41, 5.74) is 1.01. The Morgan fingerprint density at radius 3 is 2.79 bits per heavy atom. The Hall–Kier alpha value is -2.96. The number of rotatable bonds is 6. The van der Waals surface area contributed by atoms with Crippen LogP contribution in [0.15, 0.2) is 49.2 Å². The number of imidazole rings is 2. The van der Waals surface area contributed by atoms with Crippen molar-refractivity contribution in [2.75, 3.05) is 13.1 Å². The first-order valence-corrected chi connectivity index (χ1v) is 9.93. The molecule has 4 heterocycles. The molecule has 1 saturated heterocycles. The Balaban J connectivity index is 1.44. The maximum absolute atomic E-state index is 12.9. The van der Waals surface area contributed by atoms with Gasteiger partial charge in [-0.15, -0.1) is 0 Å². The minimum atomic E-state index is 0.153. The third kappa shape index (κ3) is 3.98. The lowest BCUT2D eigenvalue weighted by Gasteiger charge is -2.33. The van der Waals surface area contributed by atoms with Gasteiger partial charge in [-0.25, -0.2) is 9.97 Å². The van der Waals surface area contributed by atoms with E-state index in [9.17, 15) is 4.79 Å². The molecule has 3 aromatic rings. The summed E-state index contributed by atoms with van der Waals surface area (Å²) >= 11 is 0. The lowest BCUT2D eigenvalue weighted by molar-refractivity contribution is -0.133. The van der Waals surface area contributed by atoms with Gasteiger partial charge in [-0.05, 0) is 25.0 Å². The zero-order chi connectivity index (χ0) is 19.3. The van der Waals surface area contributed by atoms with Gasteiger partial charge in [0, 0.05) is 56.4 Å². The van der Waals surface area contributed by atoms with Crippen LogP contribution in [0.25, 0.3) is 0 Å². The molecule has 0 unspecified atom stereocenters. The first-order chi connectivity index (χ1) is 13.7. The molecular weight excluding hydrogens is 352 g/mol. The first kappa shape index (κ1) is 18.4. The van der Waals surface area contributed by atoms with Crippen molar-refractivity contribution < 1.29 is 4.79 Å². The number of carbonyl (C=O) groups excluding carboxylic acids is 1. The molecule has 0 aromatic carbocycles. The van der Waals surface area contributed by atoms with Gasteiger partial charge in [-0.3, -0.25) is 9.78 Å². The fraction of sp³-hybridized carbons (Fsp3) is 0.429. The van der Waals surface area contributed by atoms with E-state index in [1.807, 2.05) is 52.5 Å². The fourth-order valence-electron chi connectivity index (χ4n) is 3.94. The van der Waals surface area contributed by atoms with Crippen molar-refractivity contribution in [3.63, 3.8) is 0 Å². The summed E-state index contributed by atoms with van der Waals surface area (Å²) in [6.07, 6.45) is 12.2. The Bertz CT molecular complexity index is 916. The molecule has 7 nitrogen and oxygen atoms in total. The second-order valence-electron chi connectivity index (χ2n) is 7.24. The maximum Gasteiger partial charge on any atom is 0.242 e. The molecule has 0 radical (unpaired) electrons. The van der Waals surface area contributed by atoms with Gasteiger partial charge in [0.1, 0.15) is 18.2 Å². The van der Waals surface area contributed by atoms with Crippen LogP contribution in [0.1, 0.15) is 43.0 Å². The number of nitrogens with zero attached hydrogens (tertiary/aromatic N) is 6. The van der Waals surface area contributed by atoms with Crippen molar-refractivity contribution >= 4 is 5.91 Å². The molecule has 3 aromatic heterocycles. The quantitative estimate of drug-likeness (QED) is 0.661. The summed E-state index contributed by atoms with van der Waals surface area (Å²) < 4.78 is 4.11. The molecule has 1 amide bonds. The smallest absolute Gasteiger partial charge is 0.242 e. The first-order valence-electron chi connectivity index (χ1n) is 9.93. The van der Waals surface area contributed by atoms with Crippen molar-refractivity contribution in [1.29, 1.82) is 0 Å². The van der Waals surface area contributed by atoms with Crippen LogP contribution < -0.4 is 0 Å². The highest BCUT2D eigenvalue weighted by Gasteiger charge is 2.27. The van der Waals surface area contributed by atoms with Crippen LogP contribution in [0.3, 0.4) is 0 Å². The molecule has 1 aliphatic rings. The van der Waals surface area contributed by atoms with Gasteiger partial charge in [0.15, 0.2) is 0 Å².